The Morgan fingerprint density at radius 3 is 1.80 bits per heavy atom. The lowest BCUT2D eigenvalue weighted by Gasteiger charge is -2.26. The van der Waals surface area contributed by atoms with Crippen LogP contribution in [0.1, 0.15) is 155 Å². The zero-order valence-electron chi connectivity index (χ0n) is 45.4. The van der Waals surface area contributed by atoms with Gasteiger partial charge in [0.15, 0.2) is 0 Å². The van der Waals surface area contributed by atoms with E-state index >= 15 is 0 Å². The van der Waals surface area contributed by atoms with E-state index in [1.165, 1.54) is 95.9 Å². The van der Waals surface area contributed by atoms with Crippen LogP contribution in [0.3, 0.4) is 0 Å². The third-order valence-corrected chi connectivity index (χ3v) is 12.1. The van der Waals surface area contributed by atoms with Gasteiger partial charge >= 0.3 is 0 Å². The molecule has 8 rings (SSSR count). The van der Waals surface area contributed by atoms with Crippen LogP contribution in [0.5, 0.6) is 0 Å². The van der Waals surface area contributed by atoms with Crippen molar-refractivity contribution in [3.05, 3.63) is 228 Å². The average molecular weight is 934 g/mol. The van der Waals surface area contributed by atoms with Gasteiger partial charge in [0.25, 0.3) is 0 Å². The van der Waals surface area contributed by atoms with Crippen molar-refractivity contribution in [1.82, 2.24) is 0 Å². The van der Waals surface area contributed by atoms with Crippen LogP contribution in [0, 0.1) is 19.8 Å². The summed E-state index contributed by atoms with van der Waals surface area (Å²) < 4.78 is 0. The fourth-order valence-electron chi connectivity index (χ4n) is 8.59. The molecule has 6 aromatic rings. The second-order valence-electron chi connectivity index (χ2n) is 16.9. The van der Waals surface area contributed by atoms with E-state index in [4.69, 9.17) is 0 Å². The van der Waals surface area contributed by atoms with E-state index in [9.17, 15) is 0 Å². The first-order valence-electron chi connectivity index (χ1n) is 26.1. The van der Waals surface area contributed by atoms with Gasteiger partial charge in [-0.25, -0.2) is 0 Å². The summed E-state index contributed by atoms with van der Waals surface area (Å²) >= 11 is 0. The van der Waals surface area contributed by atoms with Crippen molar-refractivity contribution in [3.63, 3.8) is 0 Å². The highest BCUT2D eigenvalue weighted by atomic mass is 14.3. The van der Waals surface area contributed by atoms with Crippen molar-refractivity contribution < 1.29 is 0 Å². The molecule has 0 aromatic heterocycles. The maximum absolute atomic E-state index is 3.90. The van der Waals surface area contributed by atoms with E-state index < -0.39 is 0 Å². The van der Waals surface area contributed by atoms with Crippen LogP contribution >= 0.6 is 0 Å². The van der Waals surface area contributed by atoms with Gasteiger partial charge in [-0.15, -0.1) is 6.58 Å². The van der Waals surface area contributed by atoms with Crippen molar-refractivity contribution in [2.24, 2.45) is 5.92 Å². The van der Waals surface area contributed by atoms with Gasteiger partial charge in [0.1, 0.15) is 0 Å². The number of aryl methyl sites for hydroxylation is 1. The van der Waals surface area contributed by atoms with E-state index in [0.717, 1.165) is 25.2 Å². The highest BCUT2D eigenvalue weighted by molar-refractivity contribution is 6.07. The first kappa shape index (κ1) is 61.8. The smallest absolute Gasteiger partial charge is 0.00616 e. The van der Waals surface area contributed by atoms with Crippen molar-refractivity contribution in [2.75, 3.05) is 0 Å². The summed E-state index contributed by atoms with van der Waals surface area (Å²) in [7, 11) is 0. The quantitative estimate of drug-likeness (QED) is 0.100. The highest BCUT2D eigenvalue weighted by Crippen LogP contribution is 2.46. The number of benzene rings is 6. The molecule has 0 radical (unpaired) electrons. The maximum atomic E-state index is 3.90. The fourth-order valence-corrected chi connectivity index (χ4v) is 8.59. The van der Waals surface area contributed by atoms with Crippen LogP contribution < -0.4 is 0 Å². The average Bonchev–Trinajstić information content (AvgIpc) is 3.41. The van der Waals surface area contributed by atoms with Gasteiger partial charge in [-0.3, -0.25) is 0 Å². The van der Waals surface area contributed by atoms with Crippen molar-refractivity contribution in [3.8, 4) is 33.4 Å². The Kier molecular flexibility index (Phi) is 30.8. The summed E-state index contributed by atoms with van der Waals surface area (Å²) in [5.41, 5.74) is 19.0. The number of hydrogen-bond acceptors (Lipinski definition) is 0. The van der Waals surface area contributed by atoms with Crippen LogP contribution in [0.4, 0.5) is 0 Å². The molecule has 0 saturated heterocycles. The highest BCUT2D eigenvalue weighted by Gasteiger charge is 2.23. The molecule has 0 aliphatic heterocycles. The summed E-state index contributed by atoms with van der Waals surface area (Å²) in [6.07, 6.45) is 27.0. The van der Waals surface area contributed by atoms with E-state index in [1.54, 1.807) is 11.6 Å². The van der Waals surface area contributed by atoms with Gasteiger partial charge < -0.3 is 0 Å². The first-order valence-corrected chi connectivity index (χ1v) is 26.1. The van der Waals surface area contributed by atoms with Gasteiger partial charge in [-0.05, 0) is 149 Å². The Labute approximate surface area is 430 Å². The molecule has 1 atom stereocenters. The van der Waals surface area contributed by atoms with E-state index in [0.29, 0.717) is 5.92 Å². The number of fused-ring (bicyclic) bond motifs is 3. The molecule has 0 amide bonds. The lowest BCUT2D eigenvalue weighted by molar-refractivity contribution is 0.709. The molecule has 372 valence electrons. The molecule has 1 unspecified atom stereocenters. The number of rotatable bonds is 9. The van der Waals surface area contributed by atoms with Gasteiger partial charge in [0.2, 0.25) is 0 Å². The SMILES string of the molecule is C.C=C/C=C(\C=C/C)c1ccc(-c2cccc(C(C)CC)c2-c2c(C)c3c(c4ccccc24)C=CCC3)cc1.C=CC.CC.CC.CC.CC(C)C1=CC=CCC1.Cc1cccc(-c2ccccc2)c1. The van der Waals surface area contributed by atoms with Crippen LogP contribution in [0.2, 0.25) is 0 Å². The van der Waals surface area contributed by atoms with Gasteiger partial charge in [0, 0.05) is 0 Å². The Balaban J connectivity index is 0.000000623. The molecule has 0 spiro atoms. The molecule has 0 bridgehead atoms. The summed E-state index contributed by atoms with van der Waals surface area (Å²) in [4.78, 5) is 0. The summed E-state index contributed by atoms with van der Waals surface area (Å²) in [6, 6.07) is 44.0. The lowest BCUT2D eigenvalue weighted by Crippen LogP contribution is -2.05. The van der Waals surface area contributed by atoms with E-state index in [2.05, 4.69) is 225 Å². The number of hydrogen-bond donors (Lipinski definition) is 0. The van der Waals surface area contributed by atoms with Crippen LogP contribution in [-0.4, -0.2) is 0 Å². The standard InChI is InChI=1S/C38H38.C13H12.C9H14.C3H6.3C2H6.CH4/c1-6-14-28(15-7-2)29-22-24-30(25-23-29)33-21-13-20-31(26(4)8-3)38(33)37-27(5)32-16-9-10-17-34(32)35-18-11-12-19-36(35)37;1-11-6-5-9-13(10-11)12-7-3-2-4-8-12;1-8(2)9-6-4-3-5-7-9;1-3-2;3*1-2;/h6-7,10-15,17-26H,1,8-9,16H2,2-5H3;2-10H,1H3;3-4,6,8H,5,7H2,1-2H3;3H,1H2,2H3;3*1-2H3;1H4/b15-7-,28-14+;;;;;;;. The van der Waals surface area contributed by atoms with Crippen LogP contribution in [0.15, 0.2) is 195 Å². The fraction of sp³-hybridized carbons (Fsp3) is 0.314. The molecule has 70 heavy (non-hydrogen) atoms. The third-order valence-electron chi connectivity index (χ3n) is 12.1. The second-order valence-corrected chi connectivity index (χ2v) is 16.9. The molecule has 2 aliphatic rings. The molecular formula is C70H92. The third kappa shape index (κ3) is 17.6. The second kappa shape index (κ2) is 35.0. The molecule has 0 heteroatoms. The Hall–Kier alpha value is -6.24. The molecule has 6 aromatic carbocycles. The lowest BCUT2D eigenvalue weighted by atomic mass is 9.78. The minimum absolute atomic E-state index is 0. The van der Waals surface area contributed by atoms with Crippen molar-refractivity contribution in [1.29, 1.82) is 0 Å². The molecule has 0 nitrogen and oxygen atoms in total. The molecule has 0 heterocycles. The Morgan fingerprint density at radius 1 is 0.643 bits per heavy atom. The minimum atomic E-state index is 0. The minimum Gasteiger partial charge on any atom is -0.103 e. The topological polar surface area (TPSA) is 0 Å². The van der Waals surface area contributed by atoms with Crippen molar-refractivity contribution >= 4 is 22.4 Å². The predicted molar refractivity (Wildman–Crippen MR) is 323 cm³/mol. The number of allylic oxidation sites excluding steroid dienone is 11. The largest absolute Gasteiger partial charge is 0.103 e. The molecule has 0 fully saturated rings. The van der Waals surface area contributed by atoms with Crippen molar-refractivity contribution in [2.45, 2.75) is 142 Å². The van der Waals surface area contributed by atoms with Gasteiger partial charge in [-0.2, -0.15) is 0 Å². The molecule has 2 aliphatic carbocycles. The molecule has 0 N–H and O–H groups in total. The normalized spacial score (nSPS) is 12.3. The maximum Gasteiger partial charge on any atom is -0.00616 e. The van der Waals surface area contributed by atoms with Crippen LogP contribution in [0.25, 0.3) is 55.8 Å². The zero-order chi connectivity index (χ0) is 51.1. The summed E-state index contributed by atoms with van der Waals surface area (Å²) in [5.74, 6) is 1.21. The molecule has 0 saturated carbocycles. The van der Waals surface area contributed by atoms with Gasteiger partial charge in [-0.1, -0.05) is 276 Å². The summed E-state index contributed by atoms with van der Waals surface area (Å²) in [6.45, 7) is 36.9. The Morgan fingerprint density at radius 2 is 1.24 bits per heavy atom. The van der Waals surface area contributed by atoms with Gasteiger partial charge in [0.05, 0.1) is 0 Å². The summed E-state index contributed by atoms with van der Waals surface area (Å²) in [5, 5.41) is 2.72. The zero-order valence-corrected chi connectivity index (χ0v) is 45.4. The predicted octanol–water partition coefficient (Wildman–Crippen LogP) is 22.6. The van der Waals surface area contributed by atoms with E-state index in [1.807, 2.05) is 60.6 Å². The molecular weight excluding hydrogens is 841 g/mol. The van der Waals surface area contributed by atoms with E-state index in [-0.39, 0.29) is 7.43 Å². The van der Waals surface area contributed by atoms with Crippen LogP contribution in [-0.2, 0) is 6.42 Å². The first-order chi connectivity index (χ1) is 33.7. The Bertz CT molecular complexity index is 2580. The monoisotopic (exact) mass is 933 g/mol.